The third kappa shape index (κ3) is 4.29. The highest BCUT2D eigenvalue weighted by Crippen LogP contribution is 2.29. The number of hydrogen-bond acceptors (Lipinski definition) is 4. The van der Waals surface area contributed by atoms with Crippen molar-refractivity contribution in [1.82, 2.24) is 14.9 Å². The Kier molecular flexibility index (Phi) is 5.95. The Morgan fingerprint density at radius 3 is 2.30 bits per heavy atom. The maximum Gasteiger partial charge on any atom is 0.243 e. The lowest BCUT2D eigenvalue weighted by Crippen LogP contribution is -2.58. The minimum atomic E-state index is -3.52. The second-order valence-corrected chi connectivity index (χ2v) is 10.2. The van der Waals surface area contributed by atoms with E-state index in [-0.39, 0.29) is 11.9 Å². The molecule has 1 amide bonds. The molecule has 1 spiro atoms. The van der Waals surface area contributed by atoms with Crippen molar-refractivity contribution in [3.8, 4) is 0 Å². The number of nitrogens with zero attached hydrogens (tertiary/aromatic N) is 1. The van der Waals surface area contributed by atoms with E-state index in [4.69, 9.17) is 0 Å². The standard InChI is InChI=1S/C23H29N3O3S/c1-2-6-18-9-11-20(12-10-18)30(28,29)26-15-13-23(14-16-26)24-21(22(27)25-23)17-19-7-4-3-5-8-19/h3-5,7-12,21,24H,2,6,13-17H2,1H3,(H,25,27). The van der Waals surface area contributed by atoms with Crippen LogP contribution in [0, 0.1) is 0 Å². The summed E-state index contributed by atoms with van der Waals surface area (Å²) in [6, 6.07) is 16.8. The molecule has 7 heteroatoms. The highest BCUT2D eigenvalue weighted by Gasteiger charge is 2.46. The average molecular weight is 428 g/mol. The number of aryl methyl sites for hydroxylation is 1. The van der Waals surface area contributed by atoms with E-state index in [0.29, 0.717) is 37.2 Å². The molecule has 1 unspecified atom stereocenters. The quantitative estimate of drug-likeness (QED) is 0.742. The minimum Gasteiger partial charge on any atom is -0.337 e. The Hall–Kier alpha value is -2.22. The van der Waals surface area contributed by atoms with E-state index in [0.717, 1.165) is 24.0 Å². The first-order valence-corrected chi connectivity index (χ1v) is 12.1. The number of rotatable bonds is 6. The molecule has 2 aliphatic rings. The molecule has 2 aromatic carbocycles. The summed E-state index contributed by atoms with van der Waals surface area (Å²) in [4.78, 5) is 12.9. The van der Waals surface area contributed by atoms with Gasteiger partial charge in [0.25, 0.3) is 0 Å². The predicted octanol–water partition coefficient (Wildman–Crippen LogP) is 2.45. The van der Waals surface area contributed by atoms with Gasteiger partial charge < -0.3 is 5.32 Å². The van der Waals surface area contributed by atoms with Crippen molar-refractivity contribution in [1.29, 1.82) is 0 Å². The molecule has 1 atom stereocenters. The Morgan fingerprint density at radius 1 is 1.00 bits per heavy atom. The summed E-state index contributed by atoms with van der Waals surface area (Å²) in [5, 5.41) is 6.56. The summed E-state index contributed by atoms with van der Waals surface area (Å²) in [6.07, 6.45) is 3.71. The normalized spacial score (nSPS) is 21.6. The molecular weight excluding hydrogens is 398 g/mol. The summed E-state index contributed by atoms with van der Waals surface area (Å²) in [6.45, 7) is 2.86. The number of carbonyl (C=O) groups excluding carboxylic acids is 1. The van der Waals surface area contributed by atoms with Crippen LogP contribution in [0.25, 0.3) is 0 Å². The molecular formula is C23H29N3O3S. The number of carbonyl (C=O) groups is 1. The number of nitrogens with one attached hydrogen (secondary N) is 2. The number of piperidine rings is 1. The molecule has 2 fully saturated rings. The van der Waals surface area contributed by atoms with Crippen LogP contribution < -0.4 is 10.6 Å². The van der Waals surface area contributed by atoms with E-state index in [1.165, 1.54) is 4.31 Å². The topological polar surface area (TPSA) is 78.5 Å². The maximum atomic E-state index is 13.0. The first kappa shape index (κ1) is 21.0. The summed E-state index contributed by atoms with van der Waals surface area (Å²) in [5.74, 6) is -0.0123. The first-order chi connectivity index (χ1) is 14.4. The van der Waals surface area contributed by atoms with Crippen LogP contribution in [-0.4, -0.2) is 43.4 Å². The number of amides is 1. The highest BCUT2D eigenvalue weighted by molar-refractivity contribution is 7.89. The molecule has 0 saturated carbocycles. The van der Waals surface area contributed by atoms with Gasteiger partial charge in [0.15, 0.2) is 0 Å². The lowest BCUT2D eigenvalue weighted by atomic mass is 9.99. The molecule has 2 heterocycles. The van der Waals surface area contributed by atoms with Crippen LogP contribution in [0.15, 0.2) is 59.5 Å². The molecule has 0 bridgehead atoms. The smallest absolute Gasteiger partial charge is 0.243 e. The van der Waals surface area contributed by atoms with E-state index in [9.17, 15) is 13.2 Å². The maximum absolute atomic E-state index is 13.0. The van der Waals surface area contributed by atoms with E-state index in [1.807, 2.05) is 42.5 Å². The molecule has 0 aromatic heterocycles. The van der Waals surface area contributed by atoms with Crippen molar-refractivity contribution in [3.63, 3.8) is 0 Å². The average Bonchev–Trinajstić information content (AvgIpc) is 3.04. The first-order valence-electron chi connectivity index (χ1n) is 10.6. The fraction of sp³-hybridized carbons (Fsp3) is 0.435. The zero-order chi connectivity index (χ0) is 21.2. The van der Waals surface area contributed by atoms with E-state index < -0.39 is 15.7 Å². The van der Waals surface area contributed by atoms with Crippen LogP contribution in [-0.2, 0) is 27.7 Å². The van der Waals surface area contributed by atoms with Gasteiger partial charge in [-0.15, -0.1) is 0 Å². The van der Waals surface area contributed by atoms with Crippen molar-refractivity contribution >= 4 is 15.9 Å². The third-order valence-corrected chi connectivity index (χ3v) is 8.00. The van der Waals surface area contributed by atoms with Crippen LogP contribution in [0.1, 0.15) is 37.3 Å². The van der Waals surface area contributed by atoms with Crippen LogP contribution in [0.4, 0.5) is 0 Å². The molecule has 0 aliphatic carbocycles. The van der Waals surface area contributed by atoms with Crippen LogP contribution in [0.3, 0.4) is 0 Å². The summed E-state index contributed by atoms with van der Waals surface area (Å²) < 4.78 is 27.6. The molecule has 0 radical (unpaired) electrons. The monoisotopic (exact) mass is 427 g/mol. The van der Waals surface area contributed by atoms with Crippen molar-refractivity contribution in [2.75, 3.05) is 13.1 Å². The van der Waals surface area contributed by atoms with Crippen molar-refractivity contribution in [2.24, 2.45) is 0 Å². The molecule has 4 rings (SSSR count). The van der Waals surface area contributed by atoms with Crippen molar-refractivity contribution < 1.29 is 13.2 Å². The fourth-order valence-corrected chi connectivity index (χ4v) is 5.84. The predicted molar refractivity (Wildman–Crippen MR) is 116 cm³/mol. The largest absolute Gasteiger partial charge is 0.337 e. The summed E-state index contributed by atoms with van der Waals surface area (Å²) >= 11 is 0. The Labute approximate surface area is 178 Å². The molecule has 2 aliphatic heterocycles. The van der Waals surface area contributed by atoms with Crippen LogP contribution >= 0.6 is 0 Å². The van der Waals surface area contributed by atoms with Gasteiger partial charge >= 0.3 is 0 Å². The van der Waals surface area contributed by atoms with E-state index in [2.05, 4.69) is 17.6 Å². The van der Waals surface area contributed by atoms with Crippen LogP contribution in [0.5, 0.6) is 0 Å². The van der Waals surface area contributed by atoms with Gasteiger partial charge in [-0.2, -0.15) is 4.31 Å². The van der Waals surface area contributed by atoms with Gasteiger partial charge in [-0.1, -0.05) is 55.8 Å². The highest BCUT2D eigenvalue weighted by atomic mass is 32.2. The SMILES string of the molecule is CCCc1ccc(S(=O)(=O)N2CCC3(CC2)NC(=O)C(Cc2ccccc2)N3)cc1. The molecule has 2 saturated heterocycles. The molecule has 30 heavy (non-hydrogen) atoms. The number of sulfonamides is 1. The van der Waals surface area contributed by atoms with E-state index in [1.54, 1.807) is 12.1 Å². The van der Waals surface area contributed by atoms with Gasteiger partial charge in [0, 0.05) is 13.1 Å². The van der Waals surface area contributed by atoms with Gasteiger partial charge in [-0.05, 0) is 48.9 Å². The minimum absolute atomic E-state index is 0.0123. The van der Waals surface area contributed by atoms with Gasteiger partial charge in [-0.3, -0.25) is 10.1 Å². The summed E-state index contributed by atoms with van der Waals surface area (Å²) in [5.41, 5.74) is 1.73. The Morgan fingerprint density at radius 2 is 1.67 bits per heavy atom. The summed E-state index contributed by atoms with van der Waals surface area (Å²) in [7, 11) is -3.52. The Bertz CT molecular complexity index is 982. The van der Waals surface area contributed by atoms with Gasteiger partial charge in [0.05, 0.1) is 16.6 Å². The second kappa shape index (κ2) is 8.49. The fourth-order valence-electron chi connectivity index (χ4n) is 4.40. The molecule has 160 valence electrons. The number of hydrogen-bond donors (Lipinski definition) is 2. The molecule has 2 aromatic rings. The zero-order valence-corrected chi connectivity index (χ0v) is 18.1. The van der Waals surface area contributed by atoms with Crippen molar-refractivity contribution in [2.45, 2.75) is 55.6 Å². The van der Waals surface area contributed by atoms with Gasteiger partial charge in [0.2, 0.25) is 15.9 Å². The molecule has 6 nitrogen and oxygen atoms in total. The van der Waals surface area contributed by atoms with Crippen molar-refractivity contribution in [3.05, 3.63) is 65.7 Å². The van der Waals surface area contributed by atoms with Gasteiger partial charge in [-0.25, -0.2) is 8.42 Å². The lowest BCUT2D eigenvalue weighted by Gasteiger charge is -2.38. The lowest BCUT2D eigenvalue weighted by molar-refractivity contribution is -0.121. The number of benzene rings is 2. The van der Waals surface area contributed by atoms with E-state index >= 15 is 0 Å². The van der Waals surface area contributed by atoms with Gasteiger partial charge in [0.1, 0.15) is 0 Å². The Balaban J connectivity index is 1.40. The van der Waals surface area contributed by atoms with Crippen LogP contribution in [0.2, 0.25) is 0 Å². The second-order valence-electron chi connectivity index (χ2n) is 8.26. The zero-order valence-electron chi connectivity index (χ0n) is 17.3. The third-order valence-electron chi connectivity index (χ3n) is 6.09. The molecule has 2 N–H and O–H groups in total.